The smallest absolute Gasteiger partial charge is 0.306 e. The number of allylic oxidation sites excluding steroid dienone is 15. The summed E-state index contributed by atoms with van der Waals surface area (Å²) in [6.45, 7) is 5.63. The van der Waals surface area contributed by atoms with Crippen molar-refractivity contribution in [3.63, 3.8) is 0 Å². The summed E-state index contributed by atoms with van der Waals surface area (Å²) in [6.07, 6.45) is 70.3. The predicted molar refractivity (Wildman–Crippen MR) is 352 cm³/mol. The summed E-state index contributed by atoms with van der Waals surface area (Å²) in [5.41, 5.74) is 0. The molecule has 0 aliphatic carbocycles. The van der Waals surface area contributed by atoms with Gasteiger partial charge in [-0.25, -0.2) is 0 Å². The molecule has 11 nitrogen and oxygen atoms in total. The molecular formula is C73H127NO10. The highest BCUT2D eigenvalue weighted by Gasteiger charge is 2.47. The van der Waals surface area contributed by atoms with Crippen molar-refractivity contribution in [3.8, 4) is 0 Å². The zero-order chi connectivity index (χ0) is 61.0. The van der Waals surface area contributed by atoms with Gasteiger partial charge < -0.3 is 45.1 Å². The first-order valence-electron chi connectivity index (χ1n) is 34.6. The number of nitrogens with one attached hydrogen (secondary N) is 1. The van der Waals surface area contributed by atoms with E-state index in [0.717, 1.165) is 64.2 Å². The van der Waals surface area contributed by atoms with Crippen LogP contribution in [0.4, 0.5) is 0 Å². The Morgan fingerprint density at radius 1 is 0.476 bits per heavy atom. The molecule has 6 N–H and O–H groups in total. The first-order chi connectivity index (χ1) is 41.2. The van der Waals surface area contributed by atoms with E-state index < -0.39 is 67.4 Å². The van der Waals surface area contributed by atoms with Crippen LogP contribution in [0.3, 0.4) is 0 Å². The van der Waals surface area contributed by atoms with Gasteiger partial charge in [-0.05, 0) is 70.6 Å². The maximum Gasteiger partial charge on any atom is 0.306 e. The second-order valence-corrected chi connectivity index (χ2v) is 23.7. The van der Waals surface area contributed by atoms with Crippen molar-refractivity contribution < 1.29 is 49.3 Å². The van der Waals surface area contributed by atoms with Crippen molar-refractivity contribution in [2.45, 2.75) is 339 Å². The van der Waals surface area contributed by atoms with Gasteiger partial charge in [-0.2, -0.15) is 0 Å². The van der Waals surface area contributed by atoms with E-state index in [1.165, 1.54) is 180 Å². The second kappa shape index (κ2) is 59.9. The second-order valence-electron chi connectivity index (χ2n) is 23.7. The fraction of sp³-hybridized carbons (Fsp3) is 0.753. The monoisotopic (exact) mass is 1180 g/mol. The SMILES string of the molecule is CC\C=C/C=C/C=C/C=C\C=C\C=C\CCCCC(O)C(=O)NC(COC1OC(CO)C(O)C(O)C1OC(=O)CCCCCCCCCCCCCCCCCCC/C=C/CCCCCCCC)C(O)/C=C/CCCCCCCCCCCC. The third-order valence-electron chi connectivity index (χ3n) is 15.9. The number of aliphatic hydroxyl groups excluding tert-OH is 5. The maximum absolute atomic E-state index is 13.4. The summed E-state index contributed by atoms with van der Waals surface area (Å²) in [4.78, 5) is 26.6. The lowest BCUT2D eigenvalue weighted by Gasteiger charge is -2.41. The van der Waals surface area contributed by atoms with Crippen LogP contribution in [0.5, 0.6) is 0 Å². The average molecular weight is 1180 g/mol. The van der Waals surface area contributed by atoms with Gasteiger partial charge in [0.25, 0.3) is 0 Å². The van der Waals surface area contributed by atoms with Crippen LogP contribution in [0.2, 0.25) is 0 Å². The third-order valence-corrected chi connectivity index (χ3v) is 15.9. The minimum atomic E-state index is -1.63. The van der Waals surface area contributed by atoms with Gasteiger partial charge in [0.05, 0.1) is 25.4 Å². The lowest BCUT2D eigenvalue weighted by atomic mass is 9.99. The van der Waals surface area contributed by atoms with E-state index in [4.69, 9.17) is 14.2 Å². The highest BCUT2D eigenvalue weighted by atomic mass is 16.7. The van der Waals surface area contributed by atoms with Crippen LogP contribution in [0.25, 0.3) is 0 Å². The zero-order valence-corrected chi connectivity index (χ0v) is 53.7. The van der Waals surface area contributed by atoms with E-state index in [0.29, 0.717) is 12.8 Å². The van der Waals surface area contributed by atoms with Crippen LogP contribution >= 0.6 is 0 Å². The Morgan fingerprint density at radius 3 is 1.32 bits per heavy atom. The Balaban J connectivity index is 2.57. The molecule has 8 atom stereocenters. The number of hydrogen-bond acceptors (Lipinski definition) is 10. The summed E-state index contributed by atoms with van der Waals surface area (Å²) in [5.74, 6) is -1.24. The molecular weight excluding hydrogens is 1050 g/mol. The molecule has 11 heteroatoms. The van der Waals surface area contributed by atoms with Crippen LogP contribution in [-0.2, 0) is 23.8 Å². The molecule has 0 saturated carbocycles. The van der Waals surface area contributed by atoms with Crippen LogP contribution in [0.15, 0.2) is 97.2 Å². The van der Waals surface area contributed by atoms with E-state index in [1.807, 2.05) is 72.9 Å². The molecule has 0 bridgehead atoms. The van der Waals surface area contributed by atoms with Gasteiger partial charge in [-0.1, -0.05) is 311 Å². The number of hydrogen-bond donors (Lipinski definition) is 6. The van der Waals surface area contributed by atoms with Crippen LogP contribution in [-0.4, -0.2) is 99.6 Å². The van der Waals surface area contributed by atoms with Gasteiger partial charge in [0, 0.05) is 6.42 Å². The van der Waals surface area contributed by atoms with Crippen molar-refractivity contribution in [2.24, 2.45) is 0 Å². The van der Waals surface area contributed by atoms with E-state index in [9.17, 15) is 35.1 Å². The standard InChI is InChI=1S/C73H127NO10/c1-4-7-10-13-16-19-22-25-27-29-30-31-32-33-34-35-36-37-38-39-41-43-46-49-52-55-58-61-68(78)84-71-70(80)69(79)67(62-75)83-73(71)82-63-64(65(76)59-56-53-50-47-44-24-21-18-15-12-9-6-3)74-72(81)66(77)60-57-54-51-48-45-42-40-28-26-23-20-17-14-11-8-5-2/h8,11,14,17,20,23,25-28,40,42,45,48,56,59,64-67,69-71,73,75-77,79-80H,4-7,9-10,12-13,15-16,18-19,21-22,24,29-39,41,43-44,46-47,49-55,57-58,60-63H2,1-3H3,(H,74,81)/b11-8-,17-14+,23-20+,27-25+,28-26-,42-40+,48-45+,59-56+. The lowest BCUT2D eigenvalue weighted by molar-refractivity contribution is -0.305. The molecule has 0 aromatic heterocycles. The van der Waals surface area contributed by atoms with Gasteiger partial charge in [0.2, 0.25) is 5.91 Å². The fourth-order valence-electron chi connectivity index (χ4n) is 10.4. The van der Waals surface area contributed by atoms with Crippen molar-refractivity contribution >= 4 is 11.9 Å². The van der Waals surface area contributed by atoms with Crippen LogP contribution < -0.4 is 5.32 Å². The topological polar surface area (TPSA) is 175 Å². The lowest BCUT2D eigenvalue weighted by Crippen LogP contribution is -2.61. The van der Waals surface area contributed by atoms with Gasteiger partial charge >= 0.3 is 5.97 Å². The Bertz CT molecular complexity index is 1740. The van der Waals surface area contributed by atoms with Crippen molar-refractivity contribution in [1.82, 2.24) is 5.32 Å². The quantitative estimate of drug-likeness (QED) is 0.0149. The Labute approximate surface area is 514 Å². The number of carbonyl (C=O) groups excluding carboxylic acids is 2. The summed E-state index contributed by atoms with van der Waals surface area (Å²) in [7, 11) is 0. The van der Waals surface area contributed by atoms with Gasteiger partial charge in [-0.15, -0.1) is 0 Å². The molecule has 0 spiro atoms. The molecule has 1 fully saturated rings. The molecule has 1 aliphatic heterocycles. The molecule has 484 valence electrons. The first kappa shape index (κ1) is 78.6. The Morgan fingerprint density at radius 2 is 0.869 bits per heavy atom. The van der Waals surface area contributed by atoms with E-state index in [1.54, 1.807) is 6.08 Å². The number of rotatable bonds is 58. The predicted octanol–water partition coefficient (Wildman–Crippen LogP) is 17.5. The van der Waals surface area contributed by atoms with E-state index in [-0.39, 0.29) is 19.4 Å². The molecule has 1 amide bonds. The third kappa shape index (κ3) is 46.8. The molecule has 1 rings (SSSR count). The van der Waals surface area contributed by atoms with E-state index in [2.05, 4.69) is 44.3 Å². The molecule has 8 unspecified atom stereocenters. The minimum Gasteiger partial charge on any atom is -0.454 e. The number of esters is 1. The van der Waals surface area contributed by atoms with Gasteiger partial charge in [0.1, 0.15) is 24.4 Å². The zero-order valence-electron chi connectivity index (χ0n) is 53.7. The summed E-state index contributed by atoms with van der Waals surface area (Å²) in [6, 6.07) is -1.05. The Kier molecular flexibility index (Phi) is 56.0. The molecule has 1 aliphatic rings. The number of ether oxygens (including phenoxy) is 3. The molecule has 1 heterocycles. The van der Waals surface area contributed by atoms with Crippen LogP contribution in [0.1, 0.15) is 290 Å². The van der Waals surface area contributed by atoms with E-state index >= 15 is 0 Å². The normalized spacial score (nSPS) is 19.1. The largest absolute Gasteiger partial charge is 0.454 e. The Hall–Kier alpha value is -3.42. The number of aliphatic hydroxyl groups is 5. The van der Waals surface area contributed by atoms with Crippen LogP contribution in [0, 0.1) is 0 Å². The minimum absolute atomic E-state index is 0.116. The number of unbranched alkanes of at least 4 members (excludes halogenated alkanes) is 35. The van der Waals surface area contributed by atoms with Crippen molar-refractivity contribution in [3.05, 3.63) is 97.2 Å². The first-order valence-corrected chi connectivity index (χ1v) is 34.6. The fourth-order valence-corrected chi connectivity index (χ4v) is 10.4. The molecule has 0 radical (unpaired) electrons. The van der Waals surface area contributed by atoms with Crippen molar-refractivity contribution in [1.29, 1.82) is 0 Å². The molecule has 0 aromatic rings. The van der Waals surface area contributed by atoms with Gasteiger partial charge in [0.15, 0.2) is 12.4 Å². The highest BCUT2D eigenvalue weighted by Crippen LogP contribution is 2.26. The maximum atomic E-state index is 13.4. The summed E-state index contributed by atoms with van der Waals surface area (Å²) < 4.78 is 17.7. The molecule has 84 heavy (non-hydrogen) atoms. The summed E-state index contributed by atoms with van der Waals surface area (Å²) in [5, 5.41) is 57.1. The summed E-state index contributed by atoms with van der Waals surface area (Å²) >= 11 is 0. The van der Waals surface area contributed by atoms with Crippen molar-refractivity contribution in [2.75, 3.05) is 13.2 Å². The molecule has 1 saturated heterocycles. The number of amides is 1. The number of carbonyl (C=O) groups is 2. The average Bonchev–Trinajstić information content (AvgIpc) is 3.54. The van der Waals surface area contributed by atoms with Gasteiger partial charge in [-0.3, -0.25) is 9.59 Å². The highest BCUT2D eigenvalue weighted by molar-refractivity contribution is 5.80. The molecule has 0 aromatic carbocycles.